The molecule has 3 aliphatic rings. The third-order valence-corrected chi connectivity index (χ3v) is 6.72. The molecule has 0 amide bonds. The largest absolute Gasteiger partial charge is 0.487 e. The lowest BCUT2D eigenvalue weighted by atomic mass is 9.74. The number of hydrogen-bond acceptors (Lipinski definition) is 2. The lowest BCUT2D eigenvalue weighted by molar-refractivity contribution is -0.132. The van der Waals surface area contributed by atoms with Crippen molar-refractivity contribution >= 4 is 12.0 Å². The Morgan fingerprint density at radius 2 is 1.79 bits per heavy atom. The van der Waals surface area contributed by atoms with E-state index in [1.165, 1.54) is 53.7 Å². The van der Waals surface area contributed by atoms with E-state index in [4.69, 9.17) is 9.84 Å². The maximum Gasteiger partial charge on any atom is 0.331 e. The first kappa shape index (κ1) is 18.5. The Bertz CT molecular complexity index is 1020. The topological polar surface area (TPSA) is 46.5 Å². The van der Waals surface area contributed by atoms with Crippen LogP contribution in [0.4, 0.5) is 0 Å². The number of fused-ring (bicyclic) bond motifs is 1. The first-order valence-electron chi connectivity index (χ1n) is 10.7. The van der Waals surface area contributed by atoms with Crippen LogP contribution in [0.3, 0.4) is 0 Å². The van der Waals surface area contributed by atoms with Gasteiger partial charge < -0.3 is 9.84 Å². The number of carboxylic acid groups (broad SMARTS) is 1. The fourth-order valence-electron chi connectivity index (χ4n) is 4.79. The molecule has 1 spiro atoms. The van der Waals surface area contributed by atoms with Crippen molar-refractivity contribution in [3.05, 3.63) is 58.7 Å². The van der Waals surface area contributed by atoms with Crippen molar-refractivity contribution in [2.24, 2.45) is 0 Å². The van der Waals surface area contributed by atoms with E-state index in [0.717, 1.165) is 12.0 Å². The van der Waals surface area contributed by atoms with Crippen molar-refractivity contribution in [1.29, 1.82) is 0 Å². The van der Waals surface area contributed by atoms with Crippen LogP contribution in [0.5, 0.6) is 5.75 Å². The first-order chi connectivity index (χ1) is 13.8. The van der Waals surface area contributed by atoms with Crippen LogP contribution in [0, 0.1) is 0 Å². The number of aliphatic carboxylic acids is 1. The summed E-state index contributed by atoms with van der Waals surface area (Å²) in [6.45, 7) is 6.34. The standard InChI is InChI=1S/C26H28O3/c1-16(24(27)28)12-17-4-6-18(7-5-17)20-13-21(19-8-9-19)23-22(14-20)25(2,3)15-26(29-23)10-11-26/h4-7,12-14,19H,8-11,15H2,1-3H3,(H,27,28)/b16-12+. The Morgan fingerprint density at radius 1 is 1.10 bits per heavy atom. The number of carbonyl (C=O) groups is 1. The summed E-state index contributed by atoms with van der Waals surface area (Å²) in [4.78, 5) is 11.1. The van der Waals surface area contributed by atoms with Crippen LogP contribution in [0.15, 0.2) is 42.0 Å². The quantitative estimate of drug-likeness (QED) is 0.624. The van der Waals surface area contributed by atoms with Gasteiger partial charge >= 0.3 is 5.97 Å². The summed E-state index contributed by atoms with van der Waals surface area (Å²) in [5, 5.41) is 9.09. The maximum atomic E-state index is 11.1. The molecule has 3 heteroatoms. The van der Waals surface area contributed by atoms with Crippen molar-refractivity contribution in [2.75, 3.05) is 0 Å². The zero-order valence-electron chi connectivity index (χ0n) is 17.4. The zero-order valence-corrected chi connectivity index (χ0v) is 17.4. The summed E-state index contributed by atoms with van der Waals surface area (Å²) in [7, 11) is 0. The fraction of sp³-hybridized carbons (Fsp3) is 0.423. The number of ether oxygens (including phenoxy) is 1. The van der Waals surface area contributed by atoms with E-state index in [1.807, 2.05) is 12.1 Å². The van der Waals surface area contributed by atoms with E-state index in [1.54, 1.807) is 13.0 Å². The van der Waals surface area contributed by atoms with Crippen LogP contribution < -0.4 is 4.74 Å². The predicted octanol–water partition coefficient (Wildman–Crippen LogP) is 6.31. The first-order valence-corrected chi connectivity index (χ1v) is 10.7. The van der Waals surface area contributed by atoms with Crippen molar-refractivity contribution in [3.63, 3.8) is 0 Å². The second kappa shape index (κ2) is 6.22. The SMILES string of the molecule is C/C(=C\c1ccc(-c2cc(C3CC3)c3c(c2)C(C)(C)CC2(CC2)O3)cc1)C(=O)O. The van der Waals surface area contributed by atoms with Gasteiger partial charge in [-0.1, -0.05) is 38.1 Å². The number of carboxylic acids is 1. The molecule has 2 aromatic rings. The third kappa shape index (κ3) is 3.37. The highest BCUT2D eigenvalue weighted by molar-refractivity contribution is 5.91. The van der Waals surface area contributed by atoms with Crippen molar-refractivity contribution in [3.8, 4) is 16.9 Å². The Hall–Kier alpha value is -2.55. The van der Waals surface area contributed by atoms with Gasteiger partial charge in [0.25, 0.3) is 0 Å². The Morgan fingerprint density at radius 3 is 2.38 bits per heavy atom. The molecule has 0 aromatic heterocycles. The lowest BCUT2D eigenvalue weighted by Crippen LogP contribution is -2.36. The molecule has 2 saturated carbocycles. The molecule has 2 aromatic carbocycles. The summed E-state index contributed by atoms with van der Waals surface area (Å²) in [5.74, 6) is 0.920. The molecule has 2 fully saturated rings. The molecule has 0 bridgehead atoms. The average molecular weight is 389 g/mol. The molecule has 0 atom stereocenters. The lowest BCUT2D eigenvalue weighted by Gasteiger charge is -2.39. The van der Waals surface area contributed by atoms with Gasteiger partial charge in [0.2, 0.25) is 0 Å². The maximum absolute atomic E-state index is 11.1. The van der Waals surface area contributed by atoms with E-state index in [2.05, 4.69) is 38.1 Å². The average Bonchev–Trinajstić information content (AvgIpc) is 3.59. The molecule has 29 heavy (non-hydrogen) atoms. The highest BCUT2D eigenvalue weighted by Crippen LogP contribution is 2.59. The van der Waals surface area contributed by atoms with Crippen molar-refractivity contribution in [1.82, 2.24) is 0 Å². The smallest absolute Gasteiger partial charge is 0.331 e. The normalized spacial score (nSPS) is 21.4. The van der Waals surface area contributed by atoms with E-state index in [9.17, 15) is 4.79 Å². The van der Waals surface area contributed by atoms with Crippen molar-refractivity contribution < 1.29 is 14.6 Å². The number of hydrogen-bond donors (Lipinski definition) is 1. The highest BCUT2D eigenvalue weighted by atomic mass is 16.5. The number of benzene rings is 2. The van der Waals surface area contributed by atoms with Gasteiger partial charge in [0.1, 0.15) is 11.4 Å². The second-order valence-electron chi connectivity index (χ2n) is 9.82. The van der Waals surface area contributed by atoms with Crippen LogP contribution in [0.25, 0.3) is 17.2 Å². The molecule has 5 rings (SSSR count). The van der Waals surface area contributed by atoms with Gasteiger partial charge in [-0.05, 0) is 90.8 Å². The Kier molecular flexibility index (Phi) is 3.96. The Labute approximate surface area is 172 Å². The highest BCUT2D eigenvalue weighted by Gasteiger charge is 2.54. The van der Waals surface area contributed by atoms with Crippen LogP contribution in [0.2, 0.25) is 0 Å². The molecule has 150 valence electrons. The van der Waals surface area contributed by atoms with Crippen LogP contribution in [-0.2, 0) is 10.2 Å². The minimum absolute atomic E-state index is 0.0949. The molecule has 0 radical (unpaired) electrons. The summed E-state index contributed by atoms with van der Waals surface area (Å²) in [5.41, 5.74) is 6.61. The molecule has 2 aliphatic carbocycles. The summed E-state index contributed by atoms with van der Waals surface area (Å²) >= 11 is 0. The van der Waals surface area contributed by atoms with Gasteiger partial charge in [-0.3, -0.25) is 0 Å². The molecule has 0 saturated heterocycles. The molecule has 0 unspecified atom stereocenters. The van der Waals surface area contributed by atoms with E-state index in [-0.39, 0.29) is 11.0 Å². The molecule has 1 N–H and O–H groups in total. The summed E-state index contributed by atoms with van der Waals surface area (Å²) in [6, 6.07) is 12.8. The van der Waals surface area contributed by atoms with Gasteiger partial charge in [0.15, 0.2) is 0 Å². The van der Waals surface area contributed by atoms with E-state index >= 15 is 0 Å². The molecular formula is C26H28O3. The summed E-state index contributed by atoms with van der Waals surface area (Å²) < 4.78 is 6.61. The molecule has 1 heterocycles. The predicted molar refractivity (Wildman–Crippen MR) is 115 cm³/mol. The van der Waals surface area contributed by atoms with Crippen LogP contribution in [-0.4, -0.2) is 16.7 Å². The minimum atomic E-state index is -0.881. The van der Waals surface area contributed by atoms with Gasteiger partial charge in [-0.15, -0.1) is 0 Å². The molecule has 3 nitrogen and oxygen atoms in total. The fourth-order valence-corrected chi connectivity index (χ4v) is 4.79. The van der Waals surface area contributed by atoms with E-state index in [0.29, 0.717) is 11.5 Å². The minimum Gasteiger partial charge on any atom is -0.487 e. The molecule has 1 aliphatic heterocycles. The third-order valence-electron chi connectivity index (χ3n) is 6.72. The monoisotopic (exact) mass is 388 g/mol. The summed E-state index contributed by atoms with van der Waals surface area (Å²) in [6.07, 6.45) is 7.69. The second-order valence-corrected chi connectivity index (χ2v) is 9.82. The zero-order chi connectivity index (χ0) is 20.4. The Balaban J connectivity index is 1.56. The van der Waals surface area contributed by atoms with Crippen molar-refractivity contribution in [2.45, 2.75) is 69.8 Å². The van der Waals surface area contributed by atoms with Gasteiger partial charge in [-0.25, -0.2) is 4.79 Å². The van der Waals surface area contributed by atoms with Crippen LogP contribution >= 0.6 is 0 Å². The van der Waals surface area contributed by atoms with Gasteiger partial charge in [-0.2, -0.15) is 0 Å². The van der Waals surface area contributed by atoms with E-state index < -0.39 is 5.97 Å². The number of rotatable bonds is 4. The van der Waals surface area contributed by atoms with Gasteiger partial charge in [0.05, 0.1) is 0 Å². The van der Waals surface area contributed by atoms with Gasteiger partial charge in [0, 0.05) is 11.1 Å². The van der Waals surface area contributed by atoms with Crippen LogP contribution in [0.1, 0.15) is 75.5 Å². The molecular weight excluding hydrogens is 360 g/mol.